The van der Waals surface area contributed by atoms with Gasteiger partial charge in [0.25, 0.3) is 0 Å². The van der Waals surface area contributed by atoms with E-state index in [1.54, 1.807) is 0 Å². The SMILES string of the molecule is C1=CCC=CC1.[Ar]. The first-order valence-electron chi connectivity index (χ1n) is 2.30. The molecule has 0 atom stereocenters. The van der Waals surface area contributed by atoms with E-state index >= 15 is 0 Å². The van der Waals surface area contributed by atoms with Gasteiger partial charge in [0.15, 0.2) is 0 Å². The van der Waals surface area contributed by atoms with Crippen LogP contribution in [-0.4, -0.2) is 0 Å². The van der Waals surface area contributed by atoms with Gasteiger partial charge in [0.2, 0.25) is 0 Å². The maximum absolute atomic E-state index is 2.18. The van der Waals surface area contributed by atoms with Gasteiger partial charge in [0.1, 0.15) is 0 Å². The number of allylic oxidation sites excluding steroid dienone is 4. The Bertz CT molecular complexity index is 62.2. The molecule has 0 N–H and O–H groups in total. The van der Waals surface area contributed by atoms with Crippen molar-refractivity contribution in [2.45, 2.75) is 12.8 Å². The van der Waals surface area contributed by atoms with E-state index in [0.29, 0.717) is 0 Å². The van der Waals surface area contributed by atoms with Crippen LogP contribution in [0.5, 0.6) is 0 Å². The summed E-state index contributed by atoms with van der Waals surface area (Å²) in [5.41, 5.74) is 0. The summed E-state index contributed by atoms with van der Waals surface area (Å²) in [4.78, 5) is 0. The minimum atomic E-state index is 0. The standard InChI is InChI=1S/C6H8.Ar/c1-2-4-6-5-3-1;/h1-2,5-6H,3-4H2;. The monoisotopic (exact) mass is 120 g/mol. The molecule has 0 spiro atoms. The molecular weight excluding hydrogens is 112 g/mol. The van der Waals surface area contributed by atoms with Gasteiger partial charge in [0, 0.05) is 37.7 Å². The van der Waals surface area contributed by atoms with E-state index in [2.05, 4.69) is 24.3 Å². The van der Waals surface area contributed by atoms with Crippen molar-refractivity contribution in [1.29, 1.82) is 0 Å². The Labute approximate surface area is 74.3 Å². The van der Waals surface area contributed by atoms with Crippen LogP contribution in [0.2, 0.25) is 0 Å². The minimum absolute atomic E-state index is 0. The third-order valence-corrected chi connectivity index (χ3v) is 0.878. The molecule has 0 fully saturated rings. The van der Waals surface area contributed by atoms with Gasteiger partial charge in [-0.15, -0.1) is 0 Å². The minimum Gasteiger partial charge on any atom is -0.0844 e. The Balaban J connectivity index is 0.000000360. The van der Waals surface area contributed by atoms with Crippen LogP contribution < -0.4 is 0 Å². The Hall–Kier alpha value is 0.740. The van der Waals surface area contributed by atoms with Gasteiger partial charge in [-0.05, 0) is 12.8 Å². The molecule has 0 nitrogen and oxygen atoms in total. The third-order valence-electron chi connectivity index (χ3n) is 0.878. The van der Waals surface area contributed by atoms with E-state index in [0.717, 1.165) is 12.8 Å². The molecular formula is C6H8Ar. The van der Waals surface area contributed by atoms with Crippen molar-refractivity contribution in [2.75, 3.05) is 0 Å². The average Bonchev–Trinajstić information content (AvgIpc) is 1.72. The van der Waals surface area contributed by atoms with Crippen molar-refractivity contribution in [3.05, 3.63) is 24.3 Å². The second kappa shape index (κ2) is 4.89. The third kappa shape index (κ3) is 3.33. The Morgan fingerprint density at radius 1 is 0.714 bits per heavy atom. The van der Waals surface area contributed by atoms with Gasteiger partial charge in [-0.25, -0.2) is 0 Å². The molecule has 1 aliphatic rings. The molecule has 0 amide bonds. The molecule has 0 saturated carbocycles. The zero-order valence-corrected chi connectivity index (χ0v) is 4.78. The van der Waals surface area contributed by atoms with Crippen LogP contribution >= 0.6 is 0 Å². The first kappa shape index (κ1) is 7.74. The number of rotatable bonds is 0. The van der Waals surface area contributed by atoms with Crippen LogP contribution in [0.25, 0.3) is 0 Å². The zero-order valence-electron chi connectivity index (χ0n) is 4.08. The van der Waals surface area contributed by atoms with E-state index in [1.165, 1.54) is 0 Å². The number of hydrogen-bond acceptors (Lipinski definition) is 0. The van der Waals surface area contributed by atoms with E-state index < -0.39 is 0 Å². The Morgan fingerprint density at radius 3 is 1.14 bits per heavy atom. The molecule has 0 aromatic carbocycles. The summed E-state index contributed by atoms with van der Waals surface area (Å²) in [6.07, 6.45) is 11.0. The predicted octanol–water partition coefficient (Wildman–Crippen LogP) is 1.89. The number of hydrogen-bond donors (Lipinski definition) is 0. The maximum Gasteiger partial charge on any atom is 0 e. The van der Waals surface area contributed by atoms with Crippen molar-refractivity contribution in [2.24, 2.45) is 0 Å². The van der Waals surface area contributed by atoms with Gasteiger partial charge in [-0.1, -0.05) is 24.3 Å². The van der Waals surface area contributed by atoms with Gasteiger partial charge >= 0.3 is 0 Å². The topological polar surface area (TPSA) is 0 Å². The van der Waals surface area contributed by atoms with Crippen molar-refractivity contribution < 1.29 is 37.7 Å². The first-order chi connectivity index (χ1) is 3.00. The van der Waals surface area contributed by atoms with Gasteiger partial charge in [0.05, 0.1) is 0 Å². The fourth-order valence-corrected chi connectivity index (χ4v) is 0.542. The van der Waals surface area contributed by atoms with Gasteiger partial charge in [-0.2, -0.15) is 0 Å². The summed E-state index contributed by atoms with van der Waals surface area (Å²) in [7, 11) is 0. The van der Waals surface area contributed by atoms with Crippen LogP contribution in [0.3, 0.4) is 0 Å². The van der Waals surface area contributed by atoms with Crippen molar-refractivity contribution in [1.82, 2.24) is 0 Å². The van der Waals surface area contributed by atoms with Crippen molar-refractivity contribution in [3.8, 4) is 0 Å². The van der Waals surface area contributed by atoms with Crippen LogP contribution in [0.1, 0.15) is 12.8 Å². The molecule has 1 rings (SSSR count). The zero-order chi connectivity index (χ0) is 4.24. The van der Waals surface area contributed by atoms with Gasteiger partial charge in [-0.3, -0.25) is 0 Å². The first-order valence-corrected chi connectivity index (χ1v) is 2.30. The predicted molar refractivity (Wildman–Crippen MR) is 27.5 cm³/mol. The largest absolute Gasteiger partial charge is 0.0844 e. The summed E-state index contributed by atoms with van der Waals surface area (Å²) in [5, 5.41) is 0. The summed E-state index contributed by atoms with van der Waals surface area (Å²) >= 11 is 0. The van der Waals surface area contributed by atoms with Crippen LogP contribution in [0.15, 0.2) is 24.3 Å². The smallest absolute Gasteiger partial charge is 0 e. The normalized spacial score (nSPS) is 16.0. The molecule has 40 valence electrons. The molecule has 0 aromatic heterocycles. The van der Waals surface area contributed by atoms with Gasteiger partial charge < -0.3 is 0 Å². The molecule has 7 heavy (non-hydrogen) atoms. The molecule has 1 heteroatoms. The molecule has 0 unspecified atom stereocenters. The van der Waals surface area contributed by atoms with Crippen LogP contribution in [0.4, 0.5) is 0 Å². The Kier molecular flexibility index (Phi) is 5.40. The fraction of sp³-hybridized carbons (Fsp3) is 0.333. The van der Waals surface area contributed by atoms with Crippen LogP contribution in [0, 0.1) is 37.7 Å². The quantitative estimate of drug-likeness (QED) is 0.428. The summed E-state index contributed by atoms with van der Waals surface area (Å²) in [6.45, 7) is 0. The summed E-state index contributed by atoms with van der Waals surface area (Å²) in [5.74, 6) is 0. The van der Waals surface area contributed by atoms with Crippen LogP contribution in [-0.2, 0) is 0 Å². The summed E-state index contributed by atoms with van der Waals surface area (Å²) < 4.78 is 0. The van der Waals surface area contributed by atoms with E-state index in [9.17, 15) is 0 Å². The van der Waals surface area contributed by atoms with Crippen molar-refractivity contribution in [3.63, 3.8) is 0 Å². The second-order valence-corrected chi connectivity index (χ2v) is 1.41. The maximum atomic E-state index is 2.18. The molecule has 0 radical (unpaired) electrons. The second-order valence-electron chi connectivity index (χ2n) is 1.41. The molecule has 0 bridgehead atoms. The summed E-state index contributed by atoms with van der Waals surface area (Å²) in [6, 6.07) is 0. The van der Waals surface area contributed by atoms with E-state index in [1.807, 2.05) is 0 Å². The van der Waals surface area contributed by atoms with E-state index in [-0.39, 0.29) is 37.7 Å². The molecule has 0 aromatic rings. The fourth-order valence-electron chi connectivity index (χ4n) is 0.542. The molecule has 0 saturated heterocycles. The molecule has 0 heterocycles. The molecule has 0 aliphatic heterocycles. The van der Waals surface area contributed by atoms with Crippen molar-refractivity contribution >= 4 is 0 Å². The molecule has 1 aliphatic carbocycles. The van der Waals surface area contributed by atoms with E-state index in [4.69, 9.17) is 0 Å². The average molecular weight is 120 g/mol. The Morgan fingerprint density at radius 2 is 1.00 bits per heavy atom.